The Kier molecular flexibility index (Phi) is 4.42. The van der Waals surface area contributed by atoms with Crippen molar-refractivity contribution in [2.24, 2.45) is 11.7 Å². The highest BCUT2D eigenvalue weighted by atomic mass is 16.4. The predicted molar refractivity (Wildman–Crippen MR) is 55.6 cm³/mol. The van der Waals surface area contributed by atoms with Crippen molar-refractivity contribution in [2.45, 2.75) is 31.7 Å². The maximum atomic E-state index is 11.5. The number of hydrogen-bond donors (Lipinski definition) is 3. The van der Waals surface area contributed by atoms with Gasteiger partial charge in [-0.15, -0.1) is 0 Å². The molecule has 16 heavy (non-hydrogen) atoms. The standard InChI is InChI=1S/C10H16N2O4/c11-7(10(15)16)4-5-12-9(14)6-2-1-3-8(6)13/h6-7H,1-5,11H2,(H,12,14)(H,15,16). The maximum Gasteiger partial charge on any atom is 0.320 e. The number of carbonyl (C=O) groups excluding carboxylic acids is 2. The van der Waals surface area contributed by atoms with Crippen molar-refractivity contribution in [1.29, 1.82) is 0 Å². The number of carboxylic acid groups (broad SMARTS) is 1. The van der Waals surface area contributed by atoms with Crippen LogP contribution in [0.5, 0.6) is 0 Å². The van der Waals surface area contributed by atoms with Crippen LogP contribution < -0.4 is 11.1 Å². The third-order valence-corrected chi connectivity index (χ3v) is 2.69. The number of nitrogens with two attached hydrogens (primary N) is 1. The lowest BCUT2D eigenvalue weighted by atomic mass is 10.1. The van der Waals surface area contributed by atoms with E-state index in [1.165, 1.54) is 0 Å². The molecule has 1 saturated carbocycles. The minimum absolute atomic E-state index is 0.0277. The van der Waals surface area contributed by atoms with E-state index in [0.29, 0.717) is 12.8 Å². The topological polar surface area (TPSA) is 109 Å². The summed E-state index contributed by atoms with van der Waals surface area (Å²) >= 11 is 0. The van der Waals surface area contributed by atoms with Crippen LogP contribution >= 0.6 is 0 Å². The number of hydrogen-bond acceptors (Lipinski definition) is 4. The summed E-state index contributed by atoms with van der Waals surface area (Å²) in [6, 6.07) is -0.973. The fourth-order valence-corrected chi connectivity index (χ4v) is 1.69. The summed E-state index contributed by atoms with van der Waals surface area (Å²) < 4.78 is 0. The normalized spacial score (nSPS) is 21.8. The number of Topliss-reactive ketones (excluding diaryl/α,β-unsaturated/α-hetero) is 1. The van der Waals surface area contributed by atoms with Crippen molar-refractivity contribution in [3.05, 3.63) is 0 Å². The molecule has 0 aliphatic heterocycles. The van der Waals surface area contributed by atoms with Crippen LogP contribution in [0.4, 0.5) is 0 Å². The van der Waals surface area contributed by atoms with Gasteiger partial charge in [0.1, 0.15) is 11.8 Å². The van der Waals surface area contributed by atoms with E-state index in [2.05, 4.69) is 5.32 Å². The molecule has 0 aromatic carbocycles. The first kappa shape index (κ1) is 12.6. The van der Waals surface area contributed by atoms with Gasteiger partial charge in [-0.2, -0.15) is 0 Å². The van der Waals surface area contributed by atoms with Crippen molar-refractivity contribution >= 4 is 17.7 Å². The lowest BCUT2D eigenvalue weighted by molar-refractivity contribution is -0.139. The minimum Gasteiger partial charge on any atom is -0.480 e. The molecule has 0 aromatic heterocycles. The average molecular weight is 228 g/mol. The summed E-state index contributed by atoms with van der Waals surface area (Å²) in [5.41, 5.74) is 5.27. The summed E-state index contributed by atoms with van der Waals surface area (Å²) in [5.74, 6) is -1.97. The first-order valence-electron chi connectivity index (χ1n) is 5.31. The van der Waals surface area contributed by atoms with Crippen molar-refractivity contribution in [2.75, 3.05) is 6.54 Å². The summed E-state index contributed by atoms with van der Waals surface area (Å²) in [4.78, 5) is 33.1. The van der Waals surface area contributed by atoms with Gasteiger partial charge in [-0.1, -0.05) is 0 Å². The molecule has 0 aromatic rings. The molecule has 6 nitrogen and oxygen atoms in total. The van der Waals surface area contributed by atoms with Crippen LogP contribution in [-0.4, -0.2) is 35.4 Å². The van der Waals surface area contributed by atoms with E-state index < -0.39 is 17.9 Å². The zero-order chi connectivity index (χ0) is 12.1. The van der Waals surface area contributed by atoms with Gasteiger partial charge in [-0.3, -0.25) is 14.4 Å². The summed E-state index contributed by atoms with van der Waals surface area (Å²) in [7, 11) is 0. The van der Waals surface area contributed by atoms with Gasteiger partial charge in [-0.05, 0) is 19.3 Å². The lowest BCUT2D eigenvalue weighted by Crippen LogP contribution is -2.38. The lowest BCUT2D eigenvalue weighted by Gasteiger charge is -2.10. The fourth-order valence-electron chi connectivity index (χ4n) is 1.69. The molecule has 2 atom stereocenters. The third kappa shape index (κ3) is 3.30. The second kappa shape index (κ2) is 5.60. The van der Waals surface area contributed by atoms with Crippen molar-refractivity contribution in [3.63, 3.8) is 0 Å². The molecule has 0 spiro atoms. The molecule has 0 bridgehead atoms. The summed E-state index contributed by atoms with van der Waals surface area (Å²) in [6.45, 7) is 0.191. The largest absolute Gasteiger partial charge is 0.480 e. The fraction of sp³-hybridized carbons (Fsp3) is 0.700. The molecule has 6 heteroatoms. The molecule has 4 N–H and O–H groups in total. The smallest absolute Gasteiger partial charge is 0.320 e. The molecular formula is C10H16N2O4. The van der Waals surface area contributed by atoms with Crippen LogP contribution in [0.15, 0.2) is 0 Å². The Morgan fingerprint density at radius 1 is 1.56 bits per heavy atom. The van der Waals surface area contributed by atoms with Crippen LogP contribution in [0, 0.1) is 5.92 Å². The van der Waals surface area contributed by atoms with Crippen LogP contribution in [-0.2, 0) is 14.4 Å². The van der Waals surface area contributed by atoms with E-state index in [-0.39, 0.29) is 24.7 Å². The number of ketones is 1. The highest BCUT2D eigenvalue weighted by molar-refractivity contribution is 6.02. The molecule has 0 heterocycles. The highest BCUT2D eigenvalue weighted by Gasteiger charge is 2.30. The van der Waals surface area contributed by atoms with Gasteiger partial charge in [0.05, 0.1) is 5.92 Å². The van der Waals surface area contributed by atoms with Crippen LogP contribution in [0.3, 0.4) is 0 Å². The zero-order valence-electron chi connectivity index (χ0n) is 8.94. The highest BCUT2D eigenvalue weighted by Crippen LogP contribution is 2.21. The Bertz CT molecular complexity index is 303. The summed E-state index contributed by atoms with van der Waals surface area (Å²) in [6.07, 6.45) is 1.98. The Morgan fingerprint density at radius 2 is 2.25 bits per heavy atom. The van der Waals surface area contributed by atoms with Gasteiger partial charge in [0.15, 0.2) is 0 Å². The second-order valence-corrected chi connectivity index (χ2v) is 3.94. The Hall–Kier alpha value is -1.43. The number of rotatable bonds is 5. The van der Waals surface area contributed by atoms with Crippen molar-refractivity contribution in [1.82, 2.24) is 5.32 Å². The number of nitrogens with one attached hydrogen (secondary N) is 1. The van der Waals surface area contributed by atoms with Gasteiger partial charge in [0.2, 0.25) is 5.91 Å². The number of carbonyl (C=O) groups is 3. The molecule has 1 amide bonds. The first-order chi connectivity index (χ1) is 7.52. The van der Waals surface area contributed by atoms with E-state index in [0.717, 1.165) is 6.42 Å². The summed E-state index contributed by atoms with van der Waals surface area (Å²) in [5, 5.41) is 11.0. The van der Waals surface area contributed by atoms with Gasteiger partial charge >= 0.3 is 5.97 Å². The van der Waals surface area contributed by atoms with Crippen LogP contribution in [0.2, 0.25) is 0 Å². The van der Waals surface area contributed by atoms with E-state index >= 15 is 0 Å². The Morgan fingerprint density at radius 3 is 2.75 bits per heavy atom. The molecule has 0 radical (unpaired) electrons. The molecular weight excluding hydrogens is 212 g/mol. The second-order valence-electron chi connectivity index (χ2n) is 3.94. The first-order valence-corrected chi connectivity index (χ1v) is 5.31. The zero-order valence-corrected chi connectivity index (χ0v) is 8.94. The molecule has 90 valence electrons. The Labute approximate surface area is 93.2 Å². The monoisotopic (exact) mass is 228 g/mol. The molecule has 1 rings (SSSR count). The van der Waals surface area contributed by atoms with Gasteiger partial charge in [0, 0.05) is 13.0 Å². The SMILES string of the molecule is NC(CCNC(=O)C1CCCC1=O)C(=O)O. The third-order valence-electron chi connectivity index (χ3n) is 2.69. The van der Waals surface area contributed by atoms with Crippen molar-refractivity contribution in [3.8, 4) is 0 Å². The molecule has 0 saturated heterocycles. The number of aliphatic carboxylic acids is 1. The molecule has 1 fully saturated rings. The number of amides is 1. The number of carboxylic acids is 1. The minimum atomic E-state index is -1.09. The Balaban J connectivity index is 2.25. The van der Waals surface area contributed by atoms with Crippen LogP contribution in [0.25, 0.3) is 0 Å². The van der Waals surface area contributed by atoms with Gasteiger partial charge in [-0.25, -0.2) is 0 Å². The average Bonchev–Trinajstić information content (AvgIpc) is 2.64. The van der Waals surface area contributed by atoms with E-state index in [1.807, 2.05) is 0 Å². The molecule has 2 unspecified atom stereocenters. The van der Waals surface area contributed by atoms with E-state index in [1.54, 1.807) is 0 Å². The van der Waals surface area contributed by atoms with Crippen LogP contribution in [0.1, 0.15) is 25.7 Å². The van der Waals surface area contributed by atoms with E-state index in [4.69, 9.17) is 10.8 Å². The maximum absolute atomic E-state index is 11.5. The quantitative estimate of drug-likeness (QED) is 0.538. The predicted octanol–water partition coefficient (Wildman–Crippen LogP) is -0.726. The molecule has 1 aliphatic rings. The van der Waals surface area contributed by atoms with Crippen molar-refractivity contribution < 1.29 is 19.5 Å². The molecule has 1 aliphatic carbocycles. The van der Waals surface area contributed by atoms with Gasteiger partial charge < -0.3 is 16.2 Å². The van der Waals surface area contributed by atoms with Gasteiger partial charge in [0.25, 0.3) is 0 Å². The van der Waals surface area contributed by atoms with E-state index in [9.17, 15) is 14.4 Å².